The highest BCUT2D eigenvalue weighted by atomic mass is 16.5. The lowest BCUT2D eigenvalue weighted by atomic mass is 10.2. The summed E-state index contributed by atoms with van der Waals surface area (Å²) < 4.78 is 4.48. The first-order valence-corrected chi connectivity index (χ1v) is 4.65. The van der Waals surface area contributed by atoms with Gasteiger partial charge in [0.15, 0.2) is 0 Å². The van der Waals surface area contributed by atoms with Crippen molar-refractivity contribution in [3.05, 3.63) is 11.8 Å². The Kier molecular flexibility index (Phi) is 7.07. The molecule has 0 aromatic rings. The van der Waals surface area contributed by atoms with E-state index >= 15 is 0 Å². The monoisotopic (exact) mass is 186 g/mol. The van der Waals surface area contributed by atoms with Crippen LogP contribution < -0.4 is 0 Å². The lowest BCUT2D eigenvalue weighted by molar-refractivity contribution is -0.140. The first-order chi connectivity index (χ1) is 6.20. The predicted molar refractivity (Wildman–Crippen MR) is 51.5 cm³/mol. The lowest BCUT2D eigenvalue weighted by Gasteiger charge is -1.98. The molecular weight excluding hydrogens is 168 g/mol. The van der Waals surface area contributed by atoms with Gasteiger partial charge in [-0.05, 0) is 25.3 Å². The Bertz CT molecular complexity index is 173. The Hall–Kier alpha value is -0.990. The number of unbranched alkanes of at least 4 members (excludes halogenated alkanes) is 1. The molecule has 3 nitrogen and oxygen atoms in total. The third-order valence-electron chi connectivity index (χ3n) is 1.70. The van der Waals surface area contributed by atoms with Gasteiger partial charge in [-0.3, -0.25) is 4.79 Å². The molecule has 0 bridgehead atoms. The van der Waals surface area contributed by atoms with E-state index in [1.165, 1.54) is 7.11 Å². The second-order valence-corrected chi connectivity index (χ2v) is 2.91. The first kappa shape index (κ1) is 12.0. The van der Waals surface area contributed by atoms with Crippen molar-refractivity contribution in [1.29, 1.82) is 0 Å². The van der Waals surface area contributed by atoms with Gasteiger partial charge >= 0.3 is 5.97 Å². The van der Waals surface area contributed by atoms with E-state index in [-0.39, 0.29) is 5.97 Å². The minimum atomic E-state index is -0.191. The fourth-order valence-corrected chi connectivity index (χ4v) is 0.975. The van der Waals surface area contributed by atoms with Gasteiger partial charge < -0.3 is 9.84 Å². The highest BCUT2D eigenvalue weighted by Crippen LogP contribution is 2.05. The van der Waals surface area contributed by atoms with Crippen molar-refractivity contribution in [3.63, 3.8) is 0 Å². The number of allylic oxidation sites excluding steroid dienone is 2. The normalized spacial score (nSPS) is 11.4. The number of carbonyl (C=O) groups is 1. The van der Waals surface area contributed by atoms with Crippen LogP contribution in [0.25, 0.3) is 0 Å². The molecule has 13 heavy (non-hydrogen) atoms. The van der Waals surface area contributed by atoms with Crippen LogP contribution in [0.15, 0.2) is 11.8 Å². The van der Waals surface area contributed by atoms with E-state index in [9.17, 15) is 9.90 Å². The molecule has 0 atom stereocenters. The summed E-state index contributed by atoms with van der Waals surface area (Å²) >= 11 is 0. The summed E-state index contributed by atoms with van der Waals surface area (Å²) in [5, 5.41) is 9.22. The number of aliphatic hydroxyl groups is 1. The fourth-order valence-electron chi connectivity index (χ4n) is 0.975. The maximum Gasteiger partial charge on any atom is 0.305 e. The van der Waals surface area contributed by atoms with Crippen LogP contribution in [0, 0.1) is 0 Å². The van der Waals surface area contributed by atoms with E-state index in [4.69, 9.17) is 0 Å². The Morgan fingerprint density at radius 1 is 1.46 bits per heavy atom. The third-order valence-corrected chi connectivity index (χ3v) is 1.70. The number of aliphatic hydroxyl groups excluding tert-OH is 1. The van der Waals surface area contributed by atoms with E-state index in [1.807, 2.05) is 6.92 Å². The van der Waals surface area contributed by atoms with Gasteiger partial charge in [0.1, 0.15) is 0 Å². The molecule has 0 saturated carbocycles. The molecule has 0 fully saturated rings. The number of methoxy groups -OCH3 is 1. The molecule has 0 aliphatic rings. The van der Waals surface area contributed by atoms with E-state index in [0.29, 0.717) is 12.2 Å². The van der Waals surface area contributed by atoms with Crippen LogP contribution in [-0.2, 0) is 9.53 Å². The molecule has 76 valence electrons. The standard InChI is InChI=1S/C10H18O3/c1-3-6-9(11)7-4-5-8-10(12)13-2/h7,11H,3-6,8H2,1-2H3. The molecule has 1 N–H and O–H groups in total. The largest absolute Gasteiger partial charge is 0.513 e. The van der Waals surface area contributed by atoms with E-state index < -0.39 is 0 Å². The SMILES string of the molecule is CCCC(O)=CCCCC(=O)OC. The Morgan fingerprint density at radius 3 is 2.69 bits per heavy atom. The van der Waals surface area contributed by atoms with E-state index in [0.717, 1.165) is 25.7 Å². The van der Waals surface area contributed by atoms with Gasteiger partial charge in [0, 0.05) is 12.8 Å². The molecule has 0 radical (unpaired) electrons. The molecule has 0 aliphatic heterocycles. The smallest absolute Gasteiger partial charge is 0.305 e. The summed E-state index contributed by atoms with van der Waals surface area (Å²) in [6.07, 6.45) is 5.33. The summed E-state index contributed by atoms with van der Waals surface area (Å²) in [5.74, 6) is 0.232. The minimum Gasteiger partial charge on any atom is -0.513 e. The molecule has 0 aromatic carbocycles. The van der Waals surface area contributed by atoms with Gasteiger partial charge in [-0.15, -0.1) is 0 Å². The predicted octanol–water partition coefficient (Wildman–Crippen LogP) is 2.57. The van der Waals surface area contributed by atoms with Crippen molar-refractivity contribution in [2.75, 3.05) is 7.11 Å². The maximum atomic E-state index is 10.7. The van der Waals surface area contributed by atoms with Gasteiger partial charge in [-0.25, -0.2) is 0 Å². The molecule has 0 amide bonds. The number of esters is 1. The second-order valence-electron chi connectivity index (χ2n) is 2.91. The molecule has 0 unspecified atom stereocenters. The Balaban J connectivity index is 3.43. The van der Waals surface area contributed by atoms with Gasteiger partial charge in [-0.2, -0.15) is 0 Å². The van der Waals surface area contributed by atoms with Crippen LogP contribution >= 0.6 is 0 Å². The van der Waals surface area contributed by atoms with Crippen molar-refractivity contribution in [2.45, 2.75) is 39.0 Å². The van der Waals surface area contributed by atoms with Crippen molar-refractivity contribution < 1.29 is 14.6 Å². The van der Waals surface area contributed by atoms with Gasteiger partial charge in [-0.1, -0.05) is 6.92 Å². The van der Waals surface area contributed by atoms with Crippen molar-refractivity contribution >= 4 is 5.97 Å². The zero-order valence-corrected chi connectivity index (χ0v) is 8.38. The van der Waals surface area contributed by atoms with Crippen molar-refractivity contribution in [2.24, 2.45) is 0 Å². The summed E-state index contributed by atoms with van der Waals surface area (Å²) in [6.45, 7) is 2.01. The molecule has 0 rings (SSSR count). The van der Waals surface area contributed by atoms with Crippen LogP contribution in [0.5, 0.6) is 0 Å². The van der Waals surface area contributed by atoms with Crippen molar-refractivity contribution in [3.8, 4) is 0 Å². The Morgan fingerprint density at radius 2 is 2.15 bits per heavy atom. The third kappa shape index (κ3) is 7.37. The van der Waals surface area contributed by atoms with Crippen LogP contribution in [0.4, 0.5) is 0 Å². The number of rotatable bonds is 6. The summed E-state index contributed by atoms with van der Waals surface area (Å²) in [6, 6.07) is 0. The van der Waals surface area contributed by atoms with Gasteiger partial charge in [0.05, 0.1) is 12.9 Å². The molecule has 0 heterocycles. The van der Waals surface area contributed by atoms with Crippen LogP contribution in [0.2, 0.25) is 0 Å². The fraction of sp³-hybridized carbons (Fsp3) is 0.700. The van der Waals surface area contributed by atoms with Crippen molar-refractivity contribution in [1.82, 2.24) is 0 Å². The van der Waals surface area contributed by atoms with E-state index in [2.05, 4.69) is 4.74 Å². The second kappa shape index (κ2) is 7.65. The average Bonchev–Trinajstić information content (AvgIpc) is 2.12. The Labute approximate surface area is 79.4 Å². The first-order valence-electron chi connectivity index (χ1n) is 4.65. The van der Waals surface area contributed by atoms with E-state index in [1.54, 1.807) is 6.08 Å². The highest BCUT2D eigenvalue weighted by Gasteiger charge is 1.98. The zero-order valence-electron chi connectivity index (χ0n) is 8.38. The molecule has 0 aromatic heterocycles. The number of carbonyl (C=O) groups excluding carboxylic acids is 1. The van der Waals surface area contributed by atoms with Gasteiger partial charge in [0.25, 0.3) is 0 Å². The van der Waals surface area contributed by atoms with Crippen LogP contribution in [0.3, 0.4) is 0 Å². The molecule has 0 aliphatic carbocycles. The molecule has 0 saturated heterocycles. The molecule has 3 heteroatoms. The van der Waals surface area contributed by atoms with Crippen LogP contribution in [-0.4, -0.2) is 18.2 Å². The topological polar surface area (TPSA) is 46.5 Å². The quantitative estimate of drug-likeness (QED) is 0.394. The molecule has 0 spiro atoms. The highest BCUT2D eigenvalue weighted by molar-refractivity contribution is 5.68. The van der Waals surface area contributed by atoms with Crippen LogP contribution in [0.1, 0.15) is 39.0 Å². The number of hydrogen-bond acceptors (Lipinski definition) is 3. The summed E-state index contributed by atoms with van der Waals surface area (Å²) in [7, 11) is 1.38. The molecular formula is C10H18O3. The average molecular weight is 186 g/mol. The summed E-state index contributed by atoms with van der Waals surface area (Å²) in [5.41, 5.74) is 0. The zero-order chi connectivity index (χ0) is 10.1. The maximum absolute atomic E-state index is 10.7. The number of ether oxygens (including phenoxy) is 1. The lowest BCUT2D eigenvalue weighted by Crippen LogP contribution is -1.98. The minimum absolute atomic E-state index is 0.191. The van der Waals surface area contributed by atoms with Gasteiger partial charge in [0.2, 0.25) is 0 Å². The summed E-state index contributed by atoms with van der Waals surface area (Å²) in [4.78, 5) is 10.7. The number of hydrogen-bond donors (Lipinski definition) is 1.